The second kappa shape index (κ2) is 13.0. The molecule has 1 unspecified atom stereocenters. The normalized spacial score (nSPS) is 15.1. The second-order valence-electron chi connectivity index (χ2n) is 9.47. The summed E-state index contributed by atoms with van der Waals surface area (Å²) >= 11 is 5.51. The van der Waals surface area contributed by atoms with E-state index in [1.165, 1.54) is 17.0 Å². The maximum Gasteiger partial charge on any atom is 0.416 e. The van der Waals surface area contributed by atoms with Crippen molar-refractivity contribution in [1.82, 2.24) is 20.4 Å². The fourth-order valence-electron chi connectivity index (χ4n) is 3.82. The number of halogens is 4. The Bertz CT molecular complexity index is 908. The number of carbonyl (C=O) groups excluding carboxylic acids is 3. The molecule has 202 valence electrons. The van der Waals surface area contributed by atoms with Gasteiger partial charge in [0.2, 0.25) is 0 Å². The lowest BCUT2D eigenvalue weighted by Crippen LogP contribution is -2.38. The number of hydrogen-bond donors (Lipinski definition) is 2. The lowest BCUT2D eigenvalue weighted by Gasteiger charge is -2.29. The summed E-state index contributed by atoms with van der Waals surface area (Å²) in [5, 5.41) is 5.28. The van der Waals surface area contributed by atoms with Gasteiger partial charge in [0.1, 0.15) is 5.60 Å². The van der Waals surface area contributed by atoms with Crippen LogP contribution in [-0.4, -0.2) is 72.0 Å². The number of urea groups is 2. The first-order valence-electron chi connectivity index (χ1n) is 11.8. The highest BCUT2D eigenvalue weighted by molar-refractivity contribution is 6.18. The number of ether oxygens (including phenoxy) is 1. The van der Waals surface area contributed by atoms with Crippen LogP contribution >= 0.6 is 11.6 Å². The number of nitrogens with zero attached hydrogens (tertiary/aromatic N) is 2. The molecule has 1 aromatic rings. The number of hydrogen-bond acceptors (Lipinski definition) is 4. The number of alkyl halides is 4. The molecule has 8 nitrogen and oxygen atoms in total. The minimum atomic E-state index is -4.55. The Morgan fingerprint density at radius 2 is 1.81 bits per heavy atom. The van der Waals surface area contributed by atoms with E-state index in [0.717, 1.165) is 12.1 Å². The molecular formula is C24H34ClF3N4O4. The summed E-state index contributed by atoms with van der Waals surface area (Å²) < 4.78 is 45.4. The molecule has 1 saturated heterocycles. The van der Waals surface area contributed by atoms with E-state index in [9.17, 15) is 27.6 Å². The van der Waals surface area contributed by atoms with Gasteiger partial charge < -0.3 is 25.2 Å². The third-order valence-electron chi connectivity index (χ3n) is 5.40. The van der Waals surface area contributed by atoms with Crippen LogP contribution in [0, 0.1) is 0 Å². The van der Waals surface area contributed by atoms with Crippen molar-refractivity contribution < 1.29 is 32.3 Å². The molecule has 4 amide bonds. The quantitative estimate of drug-likeness (QED) is 0.248. The van der Waals surface area contributed by atoms with Crippen molar-refractivity contribution in [2.24, 2.45) is 0 Å². The number of amides is 4. The summed E-state index contributed by atoms with van der Waals surface area (Å²) in [6.45, 7) is 6.94. The third-order valence-corrected chi connectivity index (χ3v) is 5.59. The summed E-state index contributed by atoms with van der Waals surface area (Å²) in [5.41, 5.74) is -1.40. The molecule has 1 atom stereocenters. The minimum Gasteiger partial charge on any atom is -0.460 e. The van der Waals surface area contributed by atoms with Crippen molar-refractivity contribution in [3.05, 3.63) is 35.4 Å². The standard InChI is InChI=1S/C24H34ClF3N4O4/c1-23(2,3)36-20(33)16-19(17-7-6-8-18(15-17)24(26,27)28)32-14-13-31(22(32)35)12-5-4-10-29-21(34)30-11-9-25/h6-8,15,19H,4-5,9-14,16H2,1-3H3,(H2,29,30,34). The van der Waals surface area contributed by atoms with E-state index in [1.807, 2.05) is 0 Å². The Morgan fingerprint density at radius 1 is 1.11 bits per heavy atom. The van der Waals surface area contributed by atoms with E-state index >= 15 is 0 Å². The Balaban J connectivity index is 2.06. The molecular weight excluding hydrogens is 501 g/mol. The van der Waals surface area contributed by atoms with E-state index in [1.54, 1.807) is 25.7 Å². The van der Waals surface area contributed by atoms with E-state index in [4.69, 9.17) is 16.3 Å². The lowest BCUT2D eigenvalue weighted by atomic mass is 9.99. The number of esters is 1. The summed E-state index contributed by atoms with van der Waals surface area (Å²) in [5.74, 6) is -0.286. The molecule has 0 aliphatic carbocycles. The Morgan fingerprint density at radius 3 is 2.44 bits per heavy atom. The molecule has 1 aliphatic rings. The van der Waals surface area contributed by atoms with Crippen molar-refractivity contribution in [1.29, 1.82) is 0 Å². The fourth-order valence-corrected chi connectivity index (χ4v) is 3.92. The monoisotopic (exact) mass is 534 g/mol. The van der Waals surface area contributed by atoms with Crippen LogP contribution in [0.2, 0.25) is 0 Å². The topological polar surface area (TPSA) is 91.0 Å². The van der Waals surface area contributed by atoms with E-state index in [0.29, 0.717) is 44.9 Å². The zero-order chi connectivity index (χ0) is 26.9. The van der Waals surface area contributed by atoms with Crippen LogP contribution in [-0.2, 0) is 15.7 Å². The summed E-state index contributed by atoms with van der Waals surface area (Å²) in [6.07, 6.45) is -3.56. The molecule has 0 spiro atoms. The maximum atomic E-state index is 13.3. The van der Waals surface area contributed by atoms with Gasteiger partial charge in [-0.15, -0.1) is 11.6 Å². The van der Waals surface area contributed by atoms with Gasteiger partial charge in [0, 0.05) is 38.6 Å². The van der Waals surface area contributed by atoms with Crippen LogP contribution in [0.4, 0.5) is 22.8 Å². The average molecular weight is 535 g/mol. The van der Waals surface area contributed by atoms with Crippen molar-refractivity contribution in [3.63, 3.8) is 0 Å². The predicted molar refractivity (Wildman–Crippen MR) is 130 cm³/mol. The molecule has 2 rings (SSSR count). The molecule has 1 aliphatic heterocycles. The molecule has 0 aromatic heterocycles. The second-order valence-corrected chi connectivity index (χ2v) is 9.85. The van der Waals surface area contributed by atoms with Gasteiger partial charge in [-0.2, -0.15) is 13.2 Å². The highest BCUT2D eigenvalue weighted by atomic mass is 35.5. The summed E-state index contributed by atoms with van der Waals surface area (Å²) in [6, 6.07) is 3.13. The van der Waals surface area contributed by atoms with Crippen LogP contribution in [0.25, 0.3) is 0 Å². The number of unbranched alkanes of at least 4 members (excludes halogenated alkanes) is 1. The van der Waals surface area contributed by atoms with Gasteiger partial charge in [0.05, 0.1) is 18.0 Å². The van der Waals surface area contributed by atoms with E-state index in [-0.39, 0.29) is 30.6 Å². The van der Waals surface area contributed by atoms with Crippen LogP contribution in [0.5, 0.6) is 0 Å². The molecule has 0 radical (unpaired) electrons. The first-order valence-corrected chi connectivity index (χ1v) is 12.4. The molecule has 0 bridgehead atoms. The number of nitrogens with one attached hydrogen (secondary N) is 2. The van der Waals surface area contributed by atoms with Gasteiger partial charge in [-0.3, -0.25) is 4.79 Å². The van der Waals surface area contributed by atoms with Crippen LogP contribution in [0.15, 0.2) is 24.3 Å². The van der Waals surface area contributed by atoms with Crippen LogP contribution in [0.3, 0.4) is 0 Å². The number of carbonyl (C=O) groups is 3. The smallest absolute Gasteiger partial charge is 0.416 e. The zero-order valence-electron chi connectivity index (χ0n) is 20.8. The van der Waals surface area contributed by atoms with Crippen LogP contribution < -0.4 is 10.6 Å². The zero-order valence-corrected chi connectivity index (χ0v) is 21.5. The van der Waals surface area contributed by atoms with Crippen molar-refractivity contribution in [2.45, 2.75) is 57.9 Å². The van der Waals surface area contributed by atoms with Crippen molar-refractivity contribution in [3.8, 4) is 0 Å². The third kappa shape index (κ3) is 9.40. The molecule has 1 heterocycles. The lowest BCUT2D eigenvalue weighted by molar-refractivity contribution is -0.156. The highest BCUT2D eigenvalue weighted by Gasteiger charge is 2.37. The maximum absolute atomic E-state index is 13.3. The first-order chi connectivity index (χ1) is 16.8. The molecule has 1 fully saturated rings. The molecule has 2 N–H and O–H groups in total. The van der Waals surface area contributed by atoms with Gasteiger partial charge in [0.15, 0.2) is 0 Å². The first kappa shape index (κ1) is 29.5. The molecule has 12 heteroatoms. The minimum absolute atomic E-state index is 0.220. The van der Waals surface area contributed by atoms with Gasteiger partial charge in [-0.25, -0.2) is 9.59 Å². The number of rotatable bonds is 11. The molecule has 36 heavy (non-hydrogen) atoms. The fraction of sp³-hybridized carbons (Fsp3) is 0.625. The molecule has 1 aromatic carbocycles. The summed E-state index contributed by atoms with van der Waals surface area (Å²) in [7, 11) is 0. The van der Waals surface area contributed by atoms with E-state index < -0.39 is 29.4 Å². The largest absolute Gasteiger partial charge is 0.460 e. The predicted octanol–water partition coefficient (Wildman–Crippen LogP) is 4.53. The van der Waals surface area contributed by atoms with Gasteiger partial charge in [-0.05, 0) is 51.3 Å². The van der Waals surface area contributed by atoms with Gasteiger partial charge >= 0.3 is 24.2 Å². The summed E-state index contributed by atoms with van der Waals surface area (Å²) in [4.78, 5) is 40.3. The van der Waals surface area contributed by atoms with Gasteiger partial charge in [0.25, 0.3) is 0 Å². The van der Waals surface area contributed by atoms with Crippen molar-refractivity contribution >= 4 is 29.6 Å². The SMILES string of the molecule is CC(C)(C)OC(=O)CC(c1cccc(C(F)(F)F)c1)N1CCN(CCCCNC(=O)NCCCl)C1=O. The van der Waals surface area contributed by atoms with Gasteiger partial charge in [-0.1, -0.05) is 12.1 Å². The molecule has 0 saturated carbocycles. The average Bonchev–Trinajstić information content (AvgIpc) is 3.14. The Kier molecular flexibility index (Phi) is 10.7. The Hall–Kier alpha value is -2.69. The van der Waals surface area contributed by atoms with Crippen LogP contribution in [0.1, 0.15) is 57.2 Å². The van der Waals surface area contributed by atoms with Crippen molar-refractivity contribution in [2.75, 3.05) is 38.6 Å². The Labute approximate surface area is 214 Å². The highest BCUT2D eigenvalue weighted by Crippen LogP contribution is 2.34. The van der Waals surface area contributed by atoms with E-state index in [2.05, 4.69) is 10.6 Å². The number of benzene rings is 1.